The Labute approximate surface area is 698 Å². The summed E-state index contributed by atoms with van der Waals surface area (Å²) in [7, 11) is 12.6. The number of benzene rings is 7. The molecule has 2 saturated heterocycles. The van der Waals surface area contributed by atoms with Crippen molar-refractivity contribution in [2.45, 2.75) is 120 Å². The van der Waals surface area contributed by atoms with Crippen LogP contribution in [0.4, 0.5) is 11.5 Å². The third-order valence-corrected chi connectivity index (χ3v) is 23.2. The third-order valence-electron chi connectivity index (χ3n) is 22.3. The zero-order chi connectivity index (χ0) is 74.8. The number of halogens is 7. The second-order valence-electron chi connectivity index (χ2n) is 30.1. The quantitative estimate of drug-likeness (QED) is 0.0905. The number of rotatable bonds is 15. The molecule has 0 radical (unpaired) electrons. The standard InChI is InChI=1S/C20H23N.C19H22ClN5O.C17H17Cl2N.C17H19N3.C17H27NO2.4ClH/c1-21(2)15-7-12-20-18-10-5-3-8-16(18)13-14-17-9-4-6-11-19(17)20;20-16-5-3-6-17(15-16)23-13-11-22(12-14-23)8-4-10-25-19(26)24-9-2-1-7-18(24)21-25;1-20-17-9-7-12(13-4-2-3-5-14(13)17)11-6-8-15(18)16(19)10-11;1-19-9-10-20-16(12-19)15-7-3-2-5-13(15)11-14-6-4-8-18-17(14)20;1-18(2)12-16(17(20)10-4-3-5-11-17)15-8-6-14(13-19)7-9-15;;;;/h3-6,8-12H,7,13-15H2,1-2H3;1-3,5-7,9,15H,4,8,10-14H2;2-6,8,10,12,17,20H,7,9H2,1H3;2-8,16H,9-12H2,1H3;6-9,16,19-20H,3-5,10-13H2,1-2H3;4*1H/t;;12-,17-;;;;;;/m..0....../s1. The highest BCUT2D eigenvalue weighted by Gasteiger charge is 2.39. The van der Waals surface area contributed by atoms with E-state index in [0.29, 0.717) is 40.2 Å². The Balaban J connectivity index is 0.000000173. The van der Waals surface area contributed by atoms with Crippen molar-refractivity contribution in [3.05, 3.63) is 305 Å². The normalized spacial score (nSPS) is 17.6. The first-order chi connectivity index (χ1) is 52.0. The van der Waals surface area contributed by atoms with Gasteiger partial charge in [0.15, 0.2) is 5.65 Å². The Kier molecular flexibility index (Phi) is 35.3. The molecule has 3 fully saturated rings. The van der Waals surface area contributed by atoms with Gasteiger partial charge in [-0.1, -0.05) is 206 Å². The Morgan fingerprint density at radius 1 is 0.640 bits per heavy atom. The number of nitrogens with one attached hydrogen (secondary N) is 1. The van der Waals surface area contributed by atoms with Crippen molar-refractivity contribution in [2.24, 2.45) is 0 Å². The summed E-state index contributed by atoms with van der Waals surface area (Å²) in [5, 5.41) is 30.1. The molecule has 3 aliphatic carbocycles. The van der Waals surface area contributed by atoms with Gasteiger partial charge < -0.3 is 40.0 Å². The zero-order valence-corrected chi connectivity index (χ0v) is 70.6. The summed E-state index contributed by atoms with van der Waals surface area (Å²) >= 11 is 18.3. The van der Waals surface area contributed by atoms with Gasteiger partial charge in [0.05, 0.1) is 28.3 Å². The molecule has 4 atom stereocenters. The molecular formula is C90H112Cl7N11O3. The molecule has 1 saturated carbocycles. The number of piperazine rings is 2. The number of nitrogens with zero attached hydrogens (tertiary/aromatic N) is 10. The van der Waals surface area contributed by atoms with Crippen LogP contribution in [0.1, 0.15) is 148 Å². The highest BCUT2D eigenvalue weighted by molar-refractivity contribution is 6.42. The zero-order valence-electron chi connectivity index (χ0n) is 65.0. The number of aliphatic hydroxyl groups excluding tert-OH is 1. The molecule has 3 aliphatic heterocycles. The lowest BCUT2D eigenvalue weighted by Gasteiger charge is -2.41. The SMILES string of the molecule is CN(C)CC(c1ccc(CO)cc1)C1(O)CCCCC1.CN(C)CCC=C1c2ccccc2CCc2ccccc21.CN1CCN2c3ncccc3Cc3ccccc3C2C1.CN[C@H]1CC[C@@H](c2ccc(Cl)c(Cl)c2)c2ccccc21.Cl.Cl.Cl.Cl.O=c1n(CCCN2CCN(c3cccc(Cl)c3)CC2)nc2ccccn12. The van der Waals surface area contributed by atoms with Crippen LogP contribution in [0, 0.1) is 0 Å². The molecule has 16 rings (SSSR count). The number of hydrogen-bond acceptors (Lipinski definition) is 12. The van der Waals surface area contributed by atoms with Gasteiger partial charge in [0.1, 0.15) is 5.82 Å². The van der Waals surface area contributed by atoms with Crippen LogP contribution >= 0.6 is 84.4 Å². The van der Waals surface area contributed by atoms with E-state index in [9.17, 15) is 9.90 Å². The second kappa shape index (κ2) is 43.6. The van der Waals surface area contributed by atoms with Crippen LogP contribution in [0.25, 0.3) is 11.2 Å². The Hall–Kier alpha value is -6.80. The minimum Gasteiger partial charge on any atom is -0.392 e. The van der Waals surface area contributed by atoms with Gasteiger partial charge in [-0.25, -0.2) is 14.5 Å². The van der Waals surface area contributed by atoms with Crippen LogP contribution in [-0.4, -0.2) is 162 Å². The largest absolute Gasteiger partial charge is 0.392 e. The van der Waals surface area contributed by atoms with Gasteiger partial charge in [-0.15, -0.1) is 54.7 Å². The van der Waals surface area contributed by atoms with E-state index in [1.807, 2.05) is 73.9 Å². The van der Waals surface area contributed by atoms with E-state index < -0.39 is 5.60 Å². The summed E-state index contributed by atoms with van der Waals surface area (Å²) < 4.78 is 3.15. The van der Waals surface area contributed by atoms with Crippen LogP contribution in [0.3, 0.4) is 0 Å². The predicted octanol–water partition coefficient (Wildman–Crippen LogP) is 18.4. The summed E-state index contributed by atoms with van der Waals surface area (Å²) in [5.41, 5.74) is 18.9. The van der Waals surface area contributed by atoms with Gasteiger partial charge in [0, 0.05) is 119 Å². The molecule has 6 aliphatic rings. The number of pyridine rings is 2. The number of fused-ring (bicyclic) bond motifs is 9. The van der Waals surface area contributed by atoms with E-state index in [0.717, 1.165) is 147 Å². The van der Waals surface area contributed by atoms with Crippen molar-refractivity contribution >= 4 is 107 Å². The van der Waals surface area contributed by atoms with Crippen molar-refractivity contribution in [3.63, 3.8) is 0 Å². The lowest BCUT2D eigenvalue weighted by molar-refractivity contribution is -0.0277. The third kappa shape index (κ3) is 23.3. The number of aryl methyl sites for hydroxylation is 3. The highest BCUT2D eigenvalue weighted by Crippen LogP contribution is 2.44. The minimum absolute atomic E-state index is 0. The molecule has 3 N–H and O–H groups in total. The van der Waals surface area contributed by atoms with Gasteiger partial charge in [0.2, 0.25) is 0 Å². The highest BCUT2D eigenvalue weighted by atomic mass is 35.5. The first-order valence-corrected chi connectivity index (χ1v) is 39.7. The van der Waals surface area contributed by atoms with Crippen molar-refractivity contribution < 1.29 is 10.2 Å². The second-order valence-corrected chi connectivity index (χ2v) is 31.4. The number of hydrogen-bond donors (Lipinski definition) is 3. The molecule has 0 bridgehead atoms. The topological polar surface area (TPSA) is 124 Å². The fourth-order valence-electron chi connectivity index (χ4n) is 16.5. The predicted molar refractivity (Wildman–Crippen MR) is 472 cm³/mol. The lowest BCUT2D eigenvalue weighted by Crippen LogP contribution is -2.47. The molecule has 7 aromatic carbocycles. The maximum atomic E-state index is 12.3. The summed E-state index contributed by atoms with van der Waals surface area (Å²) in [6.45, 7) is 10.9. The van der Waals surface area contributed by atoms with E-state index in [-0.39, 0.29) is 67.8 Å². The van der Waals surface area contributed by atoms with Gasteiger partial charge in [0.25, 0.3) is 0 Å². The van der Waals surface area contributed by atoms with E-state index in [2.05, 4.69) is 220 Å². The molecule has 111 heavy (non-hydrogen) atoms. The fraction of sp³-hybridized carbons (Fsp3) is 0.389. The monoisotopic (exact) mass is 1640 g/mol. The van der Waals surface area contributed by atoms with E-state index in [1.54, 1.807) is 15.3 Å². The fourth-order valence-corrected chi connectivity index (χ4v) is 17.0. The Bertz CT molecular complexity index is 4570. The van der Waals surface area contributed by atoms with Crippen LogP contribution in [0.2, 0.25) is 15.1 Å². The smallest absolute Gasteiger partial charge is 0.350 e. The molecule has 0 spiro atoms. The van der Waals surface area contributed by atoms with Crippen molar-refractivity contribution in [1.29, 1.82) is 0 Å². The first kappa shape index (κ1) is 89.7. The maximum absolute atomic E-state index is 12.3. The first-order valence-electron chi connectivity index (χ1n) is 38.6. The van der Waals surface area contributed by atoms with Crippen molar-refractivity contribution in [3.8, 4) is 0 Å². The van der Waals surface area contributed by atoms with Gasteiger partial charge >= 0.3 is 5.69 Å². The van der Waals surface area contributed by atoms with E-state index >= 15 is 0 Å². The Morgan fingerprint density at radius 2 is 1.29 bits per heavy atom. The van der Waals surface area contributed by atoms with Gasteiger partial charge in [-0.05, 0) is 215 Å². The summed E-state index contributed by atoms with van der Waals surface area (Å²) in [6.07, 6.45) is 18.9. The summed E-state index contributed by atoms with van der Waals surface area (Å²) in [5.74, 6) is 1.73. The van der Waals surface area contributed by atoms with Gasteiger partial charge in [-0.2, -0.15) is 0 Å². The molecule has 6 heterocycles. The molecule has 0 amide bonds. The molecular weight excluding hydrogens is 1530 g/mol. The van der Waals surface area contributed by atoms with Crippen LogP contribution in [0.15, 0.2) is 217 Å². The van der Waals surface area contributed by atoms with Crippen LogP contribution in [-0.2, 0) is 32.4 Å². The Morgan fingerprint density at radius 3 is 1.94 bits per heavy atom. The lowest BCUT2D eigenvalue weighted by atomic mass is 9.72. The number of aromatic nitrogens is 4. The van der Waals surface area contributed by atoms with Crippen molar-refractivity contribution in [1.82, 2.24) is 44.1 Å². The molecule has 10 aromatic rings. The van der Waals surface area contributed by atoms with Crippen molar-refractivity contribution in [2.75, 3.05) is 118 Å². The molecule has 594 valence electrons. The van der Waals surface area contributed by atoms with Crippen LogP contribution < -0.4 is 20.8 Å². The minimum atomic E-state index is -0.580. The summed E-state index contributed by atoms with van der Waals surface area (Å²) in [6, 6.07) is 68.1. The number of anilines is 2. The number of aliphatic hydroxyl groups is 2. The number of likely N-dealkylation sites (N-methyl/N-ethyl adjacent to an activating group) is 2. The summed E-state index contributed by atoms with van der Waals surface area (Å²) in [4.78, 5) is 31.1. The maximum Gasteiger partial charge on any atom is 0.350 e. The molecule has 14 nitrogen and oxygen atoms in total. The molecule has 21 heteroatoms. The van der Waals surface area contributed by atoms with E-state index in [4.69, 9.17) is 39.9 Å². The van der Waals surface area contributed by atoms with E-state index in [1.165, 1.54) is 84.7 Å². The molecule has 2 unspecified atom stereocenters. The van der Waals surface area contributed by atoms with Gasteiger partial charge in [-0.3, -0.25) is 9.30 Å². The molecule has 3 aromatic heterocycles. The average Bonchev–Trinajstić information content (AvgIpc) is 1.77. The average molecular weight is 1640 g/mol. The van der Waals surface area contributed by atoms with Crippen LogP contribution in [0.5, 0.6) is 0 Å².